The maximum absolute atomic E-state index is 16.8. The van der Waals surface area contributed by atoms with Gasteiger partial charge in [0.2, 0.25) is 0 Å². The topological polar surface area (TPSA) is 54.0 Å². The summed E-state index contributed by atoms with van der Waals surface area (Å²) >= 11 is 0. The zero-order valence-electron chi connectivity index (χ0n) is 38.2. The average molecular weight is 1170 g/mol. The van der Waals surface area contributed by atoms with Gasteiger partial charge in [-0.05, 0) is 111 Å². The molecule has 0 N–H and O–H groups in total. The number of fused-ring (bicyclic) bond motifs is 8. The van der Waals surface area contributed by atoms with E-state index in [1.807, 2.05) is 0 Å². The maximum atomic E-state index is 16.8. The van der Waals surface area contributed by atoms with E-state index in [9.17, 15) is 74.6 Å². The Kier molecular flexibility index (Phi) is 14.0. The average Bonchev–Trinajstić information content (AvgIpc) is 4.19. The first-order valence-electron chi connectivity index (χ1n) is 21.6. The molecule has 0 saturated carbocycles. The Morgan fingerprint density at radius 3 is 0.885 bits per heavy atom. The van der Waals surface area contributed by atoms with Crippen LogP contribution in [-0.4, -0.2) is 33.9 Å². The van der Waals surface area contributed by atoms with E-state index in [-0.39, 0.29) is 64.7 Å². The van der Waals surface area contributed by atoms with Gasteiger partial charge in [0.25, 0.3) is 0 Å². The van der Waals surface area contributed by atoms with E-state index < -0.39 is 127 Å². The van der Waals surface area contributed by atoms with Crippen LogP contribution in [-0.2, 0) is 44.2 Å². The molecule has 2 aliphatic rings. The summed E-state index contributed by atoms with van der Waals surface area (Å²) in [5.74, 6) is -21.8. The smallest absolute Gasteiger partial charge is 0.657 e. The van der Waals surface area contributed by atoms with Gasteiger partial charge in [0, 0.05) is 0 Å². The first kappa shape index (κ1) is 56.8. The fourth-order valence-corrected chi connectivity index (χ4v) is 8.43. The van der Waals surface area contributed by atoms with Crippen LogP contribution in [0.15, 0.2) is 121 Å². The van der Waals surface area contributed by atoms with Gasteiger partial charge in [0.15, 0.2) is 0 Å². The van der Waals surface area contributed by atoms with Crippen LogP contribution in [0.4, 0.5) is 92.2 Å². The molecule has 78 heavy (non-hydrogen) atoms. The minimum atomic E-state index is -7.57. The molecule has 0 saturated heterocycles. The molecule has 0 unspecified atom stereocenters. The molecule has 0 atom stereocenters. The van der Waals surface area contributed by atoms with Gasteiger partial charge in [-0.25, -0.2) is 9.97 Å². The van der Waals surface area contributed by atoms with Crippen LogP contribution >= 0.6 is 0 Å². The van der Waals surface area contributed by atoms with Crippen molar-refractivity contribution in [2.45, 2.75) is 48.6 Å². The van der Waals surface area contributed by atoms with Crippen LogP contribution in [0.3, 0.4) is 0 Å². The third-order valence-corrected chi connectivity index (χ3v) is 12.2. The number of alkyl halides is 21. The van der Waals surface area contributed by atoms with E-state index >= 15 is 17.6 Å². The van der Waals surface area contributed by atoms with Crippen LogP contribution in [0.2, 0.25) is 0 Å². The van der Waals surface area contributed by atoms with Crippen molar-refractivity contribution in [3.8, 4) is 44.5 Å². The Bertz CT molecular complexity index is 3670. The van der Waals surface area contributed by atoms with E-state index in [4.69, 9.17) is 0 Å². The molecule has 0 spiro atoms. The van der Waals surface area contributed by atoms with Crippen molar-refractivity contribution in [1.29, 1.82) is 0 Å². The maximum Gasteiger partial charge on any atom is 2.00 e. The molecule has 3 aromatic heterocycles. The summed E-state index contributed by atoms with van der Waals surface area (Å²) in [6, 6.07) is 14.1. The molecule has 0 radical (unpaired) electrons. The largest absolute Gasteiger partial charge is 2.00 e. The van der Waals surface area contributed by atoms with E-state index in [0.29, 0.717) is 72.8 Å². The van der Waals surface area contributed by atoms with Crippen molar-refractivity contribution in [2.24, 2.45) is 0 Å². The van der Waals surface area contributed by atoms with E-state index in [1.54, 1.807) is 0 Å². The Morgan fingerprint density at radius 1 is 0.308 bits per heavy atom. The predicted octanol–water partition coefficient (Wildman–Crippen LogP) is 17.5. The van der Waals surface area contributed by atoms with Crippen molar-refractivity contribution in [3.05, 3.63) is 166 Å². The van der Waals surface area contributed by atoms with Gasteiger partial charge in [-0.3, -0.25) is 0 Å². The van der Waals surface area contributed by atoms with Gasteiger partial charge < -0.3 is 9.97 Å². The molecule has 0 fully saturated rings. The Hall–Kier alpha value is -7.37. The van der Waals surface area contributed by atoms with Crippen LogP contribution in [0.5, 0.6) is 0 Å². The number of rotatable bonds is 7. The number of nitrogens with zero attached hydrogens (tertiary/aromatic N) is 4. The molecule has 4 nitrogen and oxygen atoms in total. The first-order chi connectivity index (χ1) is 35.6. The third-order valence-electron chi connectivity index (χ3n) is 12.2. The standard InChI is InChI=1S/C52H23F21N4.Zn/c53-45(54,50(67,68)51(69,70)52(71,72)73)32-23-39-42(26-5-13-30(14-6-26)48(61,62)63)37-20-19-35(75-37)40(24-1-9-28(10-2-24)46(55,56)57)33-17-18-34(74-33)41(25-3-11-29(12-4-25)47(58,59)60)36-21-22-38(76-36)43(44(32)77-39)27-7-15-31(16-8-27)49(64,65)66;/h1-23H;/q-2;+2. The van der Waals surface area contributed by atoms with E-state index in [0.717, 1.165) is 48.5 Å². The summed E-state index contributed by atoms with van der Waals surface area (Å²) in [5.41, 5.74) is -16.6. The molecule has 7 aromatic rings. The van der Waals surface area contributed by atoms with Crippen LogP contribution in [0.25, 0.3) is 90.4 Å². The van der Waals surface area contributed by atoms with Crippen molar-refractivity contribution >= 4 is 45.9 Å². The fourth-order valence-electron chi connectivity index (χ4n) is 8.43. The molecule has 8 bridgehead atoms. The monoisotopic (exact) mass is 1170 g/mol. The van der Waals surface area contributed by atoms with Gasteiger partial charge in [-0.1, -0.05) is 72.8 Å². The zero-order valence-corrected chi connectivity index (χ0v) is 41.2. The van der Waals surface area contributed by atoms with Crippen LogP contribution in [0, 0.1) is 0 Å². The number of halogens is 21. The number of hydrogen-bond donors (Lipinski definition) is 0. The third kappa shape index (κ3) is 10.1. The van der Waals surface area contributed by atoms with Gasteiger partial charge in [-0.2, -0.15) is 92.2 Å². The van der Waals surface area contributed by atoms with E-state index in [1.165, 1.54) is 12.2 Å². The molecule has 5 heterocycles. The number of hydrogen-bond acceptors (Lipinski definition) is 2. The van der Waals surface area contributed by atoms with Crippen molar-refractivity contribution < 1.29 is 112 Å². The Balaban J connectivity index is 0.00000803. The van der Waals surface area contributed by atoms with Crippen molar-refractivity contribution in [2.75, 3.05) is 0 Å². The summed E-state index contributed by atoms with van der Waals surface area (Å²) in [6.45, 7) is 0. The molecule has 2 aliphatic heterocycles. The SMILES string of the molecule is FC(F)(F)c1ccc(-c2c3nc(c(-c4ccc(C(F)(F)F)cc4)c4ccc([n-]4)c(-c4ccc(C(F)(F)F)cc4)c4nc(c(-c5ccc(C(F)(F)F)cc5)c5ccc2[n-]5)C=C4C(F)(F)C(F)(F)C(F)(F)C(F)(F)F)C=C3)cc1.[Zn+2]. The van der Waals surface area contributed by atoms with Gasteiger partial charge in [-0.15, -0.1) is 22.1 Å². The van der Waals surface area contributed by atoms with Gasteiger partial charge in [0.1, 0.15) is 0 Å². The molecule has 26 heteroatoms. The van der Waals surface area contributed by atoms with Crippen LogP contribution < -0.4 is 9.97 Å². The minimum absolute atomic E-state index is 0. The molecule has 4 aromatic carbocycles. The number of aromatic nitrogens is 4. The van der Waals surface area contributed by atoms with E-state index in [2.05, 4.69) is 19.9 Å². The second-order valence-electron chi connectivity index (χ2n) is 17.1. The second kappa shape index (κ2) is 19.2. The molecule has 0 aliphatic carbocycles. The number of benzene rings is 4. The molecule has 400 valence electrons. The summed E-state index contributed by atoms with van der Waals surface area (Å²) < 4.78 is 303. The minimum Gasteiger partial charge on any atom is -0.657 e. The second-order valence-corrected chi connectivity index (χ2v) is 17.1. The summed E-state index contributed by atoms with van der Waals surface area (Å²) in [4.78, 5) is 17.5. The summed E-state index contributed by atoms with van der Waals surface area (Å²) in [5, 5.41) is 0. The van der Waals surface area contributed by atoms with Crippen LogP contribution in [0.1, 0.15) is 45.0 Å². The summed E-state index contributed by atoms with van der Waals surface area (Å²) in [6.07, 6.45) is -25.0. The van der Waals surface area contributed by atoms with Gasteiger partial charge >= 0.3 is 68.1 Å². The number of allylic oxidation sites excluding steroid dienone is 1. The Morgan fingerprint density at radius 2 is 0.590 bits per heavy atom. The van der Waals surface area contributed by atoms with Gasteiger partial charge in [0.05, 0.1) is 50.6 Å². The van der Waals surface area contributed by atoms with Crippen molar-refractivity contribution in [1.82, 2.24) is 19.9 Å². The molecule has 0 amide bonds. The fraction of sp³-hybridized carbons (Fsp3) is 0.154. The Labute approximate surface area is 435 Å². The predicted molar refractivity (Wildman–Crippen MR) is 238 cm³/mol. The normalized spacial score (nSPS) is 13.9. The summed E-state index contributed by atoms with van der Waals surface area (Å²) in [7, 11) is 0. The molecular weight excluding hydrogens is 1140 g/mol. The first-order valence-corrected chi connectivity index (χ1v) is 21.6. The zero-order chi connectivity index (χ0) is 56.2. The molecular formula is C52H23F21N4Zn. The van der Waals surface area contributed by atoms with Crippen molar-refractivity contribution in [3.63, 3.8) is 0 Å². The molecule has 9 rings (SSSR count). The quantitative estimate of drug-likeness (QED) is 0.118.